The van der Waals surface area contributed by atoms with Crippen LogP contribution < -0.4 is 20.5 Å². The number of hydrogen-bond donors (Lipinski definition) is 4. The fourth-order valence-electron chi connectivity index (χ4n) is 2.56. The summed E-state index contributed by atoms with van der Waals surface area (Å²) in [4.78, 5) is 15.7. The van der Waals surface area contributed by atoms with E-state index < -0.39 is 20.9 Å². The Bertz CT molecular complexity index is 1320. The predicted octanol–water partition coefficient (Wildman–Crippen LogP) is 2.07. The molecule has 0 saturated carbocycles. The predicted molar refractivity (Wildman–Crippen MR) is 126 cm³/mol. The van der Waals surface area contributed by atoms with Crippen LogP contribution in [0.15, 0.2) is 56.7 Å². The van der Waals surface area contributed by atoms with Gasteiger partial charge in [-0.3, -0.25) is 10.1 Å². The van der Waals surface area contributed by atoms with Gasteiger partial charge in [0.2, 0.25) is 11.7 Å². The second-order valence-corrected chi connectivity index (χ2v) is 8.95. The van der Waals surface area contributed by atoms with E-state index in [0.29, 0.717) is 11.3 Å². The molecule has 3 rings (SSSR count). The van der Waals surface area contributed by atoms with Crippen LogP contribution in [0.3, 0.4) is 0 Å². The molecule has 1 heterocycles. The lowest BCUT2D eigenvalue weighted by Crippen LogP contribution is -2.34. The summed E-state index contributed by atoms with van der Waals surface area (Å²) in [6.07, 6.45) is 0. The fraction of sp³-hybridized carbons (Fsp3) is 0.167. The molecular formula is C18H18BrFN8O6S. The molecule has 0 saturated heterocycles. The number of nitro groups is 1. The topological polar surface area (TPSA) is 200 Å². The van der Waals surface area contributed by atoms with Crippen molar-refractivity contribution in [3.8, 4) is 0 Å². The number of benzene rings is 2. The Morgan fingerprint density at radius 2 is 1.97 bits per heavy atom. The van der Waals surface area contributed by atoms with E-state index in [-0.39, 0.29) is 47.2 Å². The Morgan fingerprint density at radius 3 is 2.63 bits per heavy atom. The third kappa shape index (κ3) is 7.95. The number of nitro benzene ring substituents is 1. The second kappa shape index (κ2) is 11.6. The van der Waals surface area contributed by atoms with Crippen molar-refractivity contribution in [3.05, 3.63) is 74.1 Å². The van der Waals surface area contributed by atoms with Gasteiger partial charge in [-0.2, -0.15) is 8.42 Å². The van der Waals surface area contributed by atoms with Crippen LogP contribution in [-0.4, -0.2) is 42.6 Å². The zero-order valence-corrected chi connectivity index (χ0v) is 20.0. The summed E-state index contributed by atoms with van der Waals surface area (Å²) in [5.41, 5.74) is 1.03. The van der Waals surface area contributed by atoms with E-state index in [9.17, 15) is 22.9 Å². The lowest BCUT2D eigenvalue weighted by molar-refractivity contribution is -0.384. The van der Waals surface area contributed by atoms with Gasteiger partial charge < -0.3 is 15.5 Å². The van der Waals surface area contributed by atoms with Crippen LogP contribution in [0.1, 0.15) is 11.3 Å². The van der Waals surface area contributed by atoms with Crippen LogP contribution in [0.25, 0.3) is 0 Å². The molecule has 0 amide bonds. The van der Waals surface area contributed by atoms with Gasteiger partial charge in [-0.15, -0.1) is 0 Å². The monoisotopic (exact) mass is 572 g/mol. The van der Waals surface area contributed by atoms with Gasteiger partial charge >= 0.3 is 0 Å². The first-order chi connectivity index (χ1) is 16.6. The zero-order chi connectivity index (χ0) is 25.4. The van der Waals surface area contributed by atoms with Crippen molar-refractivity contribution < 1.29 is 27.2 Å². The number of aromatic nitrogens is 2. The lowest BCUT2D eigenvalue weighted by Gasteiger charge is -2.10. The molecule has 14 nitrogen and oxygen atoms in total. The molecule has 0 atom stereocenters. The van der Waals surface area contributed by atoms with E-state index >= 15 is 0 Å². The molecule has 35 heavy (non-hydrogen) atoms. The van der Waals surface area contributed by atoms with Crippen molar-refractivity contribution in [1.29, 1.82) is 0 Å². The molecule has 0 aliphatic rings. The molecule has 186 valence electrons. The van der Waals surface area contributed by atoms with Crippen LogP contribution in [0.2, 0.25) is 0 Å². The average molecular weight is 573 g/mol. The minimum absolute atomic E-state index is 0.0218. The minimum Gasteiger partial charge on any atom is -0.389 e. The highest BCUT2D eigenvalue weighted by atomic mass is 79.9. The SMILES string of the molecule is NS(=O)(=O)NCCNc1nonc1/C(=N/OCc1ccc([N+](=O)[O-])cc1)Nc1ccc(F)c(Br)c1. The van der Waals surface area contributed by atoms with Crippen molar-refractivity contribution in [1.82, 2.24) is 15.0 Å². The third-order valence-electron chi connectivity index (χ3n) is 4.15. The molecule has 0 spiro atoms. The highest BCUT2D eigenvalue weighted by molar-refractivity contribution is 9.10. The minimum atomic E-state index is -3.86. The van der Waals surface area contributed by atoms with Crippen LogP contribution in [0.4, 0.5) is 21.6 Å². The standard InChI is InChI=1S/C18H18BrFN8O6S/c19-14-9-12(3-6-15(14)20)24-18(26-33-10-11-1-4-13(5-2-11)28(29)30)16-17(27-34-25-16)22-7-8-23-35(21,31)32/h1-6,9,23H,7-8,10H2,(H,22,27)(H,24,26)(H2,21,31,32). The maximum Gasteiger partial charge on any atom is 0.274 e. The molecule has 17 heteroatoms. The molecule has 0 fully saturated rings. The normalized spacial score (nSPS) is 11.8. The summed E-state index contributed by atoms with van der Waals surface area (Å²) in [7, 11) is -3.86. The van der Waals surface area contributed by atoms with Crippen molar-refractivity contribution in [2.24, 2.45) is 10.3 Å². The van der Waals surface area contributed by atoms with Gasteiger partial charge in [0, 0.05) is 30.9 Å². The quantitative estimate of drug-likeness (QED) is 0.0865. The van der Waals surface area contributed by atoms with Crippen molar-refractivity contribution in [2.45, 2.75) is 6.61 Å². The number of oxime groups is 1. The van der Waals surface area contributed by atoms with Crippen molar-refractivity contribution in [3.63, 3.8) is 0 Å². The van der Waals surface area contributed by atoms with Crippen LogP contribution in [-0.2, 0) is 21.7 Å². The maximum atomic E-state index is 13.6. The summed E-state index contributed by atoms with van der Waals surface area (Å²) in [6, 6.07) is 9.82. The number of amidine groups is 1. The molecule has 2 aromatic carbocycles. The van der Waals surface area contributed by atoms with Crippen molar-refractivity contribution in [2.75, 3.05) is 23.7 Å². The van der Waals surface area contributed by atoms with E-state index in [1.54, 1.807) is 0 Å². The van der Waals surface area contributed by atoms with Gasteiger partial charge in [0.1, 0.15) is 12.4 Å². The van der Waals surface area contributed by atoms with Gasteiger partial charge in [0.25, 0.3) is 15.9 Å². The van der Waals surface area contributed by atoms with E-state index in [2.05, 4.69) is 46.8 Å². The Kier molecular flexibility index (Phi) is 8.63. The maximum absolute atomic E-state index is 13.6. The van der Waals surface area contributed by atoms with Gasteiger partial charge in [-0.1, -0.05) is 5.16 Å². The number of nitrogens with one attached hydrogen (secondary N) is 3. The van der Waals surface area contributed by atoms with Gasteiger partial charge in [0.05, 0.1) is 9.40 Å². The third-order valence-corrected chi connectivity index (χ3v) is 5.36. The fourth-order valence-corrected chi connectivity index (χ4v) is 3.32. The van der Waals surface area contributed by atoms with Crippen LogP contribution >= 0.6 is 15.9 Å². The summed E-state index contributed by atoms with van der Waals surface area (Å²) in [5.74, 6) is -0.350. The number of nitrogens with zero attached hydrogens (tertiary/aromatic N) is 4. The van der Waals surface area contributed by atoms with Gasteiger partial charge in [0.15, 0.2) is 5.69 Å². The zero-order valence-electron chi connectivity index (χ0n) is 17.6. The number of anilines is 2. The Labute approximate surface area is 206 Å². The smallest absolute Gasteiger partial charge is 0.274 e. The molecule has 0 radical (unpaired) electrons. The van der Waals surface area contributed by atoms with E-state index in [4.69, 9.17) is 14.6 Å². The molecular weight excluding hydrogens is 555 g/mol. The number of halogens is 2. The number of nitrogens with two attached hydrogens (primary N) is 1. The molecule has 0 bridgehead atoms. The van der Waals surface area contributed by atoms with Gasteiger partial charge in [-0.25, -0.2) is 18.9 Å². The molecule has 0 aliphatic carbocycles. The molecule has 3 aromatic rings. The van der Waals surface area contributed by atoms with E-state index in [0.717, 1.165) is 0 Å². The Hall–Kier alpha value is -3.67. The van der Waals surface area contributed by atoms with Crippen LogP contribution in [0.5, 0.6) is 0 Å². The molecule has 1 aromatic heterocycles. The van der Waals surface area contributed by atoms with E-state index in [1.165, 1.54) is 42.5 Å². The van der Waals surface area contributed by atoms with Gasteiger partial charge in [-0.05, 0) is 62.1 Å². The second-order valence-electron chi connectivity index (χ2n) is 6.72. The molecule has 5 N–H and O–H groups in total. The summed E-state index contributed by atoms with van der Waals surface area (Å²) < 4.78 is 42.7. The number of rotatable bonds is 11. The Morgan fingerprint density at radius 1 is 1.23 bits per heavy atom. The van der Waals surface area contributed by atoms with Crippen LogP contribution in [0, 0.1) is 15.9 Å². The average Bonchev–Trinajstić information content (AvgIpc) is 3.26. The molecule has 0 unspecified atom stereocenters. The van der Waals surface area contributed by atoms with Crippen molar-refractivity contribution >= 4 is 49.2 Å². The number of non-ortho nitro benzene ring substituents is 1. The highest BCUT2D eigenvalue weighted by Crippen LogP contribution is 2.22. The largest absolute Gasteiger partial charge is 0.389 e. The Balaban J connectivity index is 1.78. The first-order valence-corrected chi connectivity index (χ1v) is 12.0. The summed E-state index contributed by atoms with van der Waals surface area (Å²) >= 11 is 3.10. The first-order valence-electron chi connectivity index (χ1n) is 9.62. The summed E-state index contributed by atoms with van der Waals surface area (Å²) in [6.45, 7) is -0.00806. The summed E-state index contributed by atoms with van der Waals surface area (Å²) in [5, 5.41) is 32.9. The first kappa shape index (κ1) is 25.9. The molecule has 0 aliphatic heterocycles. The number of hydrogen-bond acceptors (Lipinski definition) is 10. The van der Waals surface area contributed by atoms with E-state index in [1.807, 2.05) is 0 Å². The lowest BCUT2D eigenvalue weighted by atomic mass is 10.2. The highest BCUT2D eigenvalue weighted by Gasteiger charge is 2.19.